The lowest BCUT2D eigenvalue weighted by atomic mass is 10.3. The molecule has 86 valence electrons. The van der Waals surface area contributed by atoms with Crippen molar-refractivity contribution in [3.63, 3.8) is 0 Å². The molecule has 7 nitrogen and oxygen atoms in total. The summed E-state index contributed by atoms with van der Waals surface area (Å²) in [6.07, 6.45) is 0. The molecule has 0 saturated heterocycles. The highest BCUT2D eigenvalue weighted by Gasteiger charge is 2.18. The molecule has 0 radical (unpaired) electrons. The minimum absolute atomic E-state index is 0.604. The third kappa shape index (κ3) is 4.84. The molecule has 7 heteroatoms. The third-order valence-corrected chi connectivity index (χ3v) is 1.62. The molecule has 0 aromatic rings. The summed E-state index contributed by atoms with van der Waals surface area (Å²) in [6, 6.07) is -2.58. The van der Waals surface area contributed by atoms with Gasteiger partial charge in [-0.2, -0.15) is 0 Å². The first-order valence-electron chi connectivity index (χ1n) is 4.26. The van der Waals surface area contributed by atoms with Crippen LogP contribution in [0.1, 0.15) is 13.8 Å². The monoisotopic (exact) mass is 218 g/mol. The van der Waals surface area contributed by atoms with Gasteiger partial charge in [-0.1, -0.05) is 0 Å². The number of hydrogen-bond donors (Lipinski definition) is 3. The van der Waals surface area contributed by atoms with Gasteiger partial charge < -0.3 is 20.5 Å². The molecular weight excluding hydrogens is 204 g/mol. The van der Waals surface area contributed by atoms with Crippen molar-refractivity contribution in [2.45, 2.75) is 25.9 Å². The van der Waals surface area contributed by atoms with Crippen LogP contribution in [0.25, 0.3) is 0 Å². The van der Waals surface area contributed by atoms with Crippen molar-refractivity contribution in [2.24, 2.45) is 0 Å². The number of carbonyl (C=O) groups excluding carboxylic acids is 2. The van der Waals surface area contributed by atoms with Crippen molar-refractivity contribution in [1.82, 2.24) is 10.6 Å². The molecule has 0 spiro atoms. The molecule has 1 unspecified atom stereocenters. The largest absolute Gasteiger partial charge is 0.480 e. The molecule has 0 bridgehead atoms. The Morgan fingerprint density at radius 3 is 2.00 bits per heavy atom. The molecule has 0 aromatic carbocycles. The van der Waals surface area contributed by atoms with Crippen molar-refractivity contribution in [2.75, 3.05) is 7.11 Å². The number of aliphatic carboxylic acids is 1. The summed E-state index contributed by atoms with van der Waals surface area (Å²) < 4.78 is 4.37. The van der Waals surface area contributed by atoms with Crippen molar-refractivity contribution in [3.8, 4) is 0 Å². The van der Waals surface area contributed by atoms with Crippen LogP contribution in [0.5, 0.6) is 0 Å². The van der Waals surface area contributed by atoms with Gasteiger partial charge in [0.15, 0.2) is 0 Å². The van der Waals surface area contributed by atoms with E-state index in [9.17, 15) is 14.4 Å². The number of nitrogens with one attached hydrogen (secondary N) is 2. The quantitative estimate of drug-likeness (QED) is 0.542. The topological polar surface area (TPSA) is 105 Å². The van der Waals surface area contributed by atoms with Crippen molar-refractivity contribution < 1.29 is 24.2 Å². The first-order valence-corrected chi connectivity index (χ1v) is 4.26. The Balaban J connectivity index is 4.04. The fourth-order valence-corrected chi connectivity index (χ4v) is 0.732. The van der Waals surface area contributed by atoms with Gasteiger partial charge in [-0.25, -0.2) is 9.59 Å². The van der Waals surface area contributed by atoms with E-state index in [1.807, 2.05) is 0 Å². The fourth-order valence-electron chi connectivity index (χ4n) is 0.732. The molecule has 0 fully saturated rings. The van der Waals surface area contributed by atoms with E-state index in [1.165, 1.54) is 21.0 Å². The Hall–Kier alpha value is -1.79. The molecule has 15 heavy (non-hydrogen) atoms. The number of methoxy groups -OCH3 is 1. The average molecular weight is 218 g/mol. The Morgan fingerprint density at radius 2 is 1.60 bits per heavy atom. The summed E-state index contributed by atoms with van der Waals surface area (Å²) in [5, 5.41) is 12.8. The number of urea groups is 1. The van der Waals surface area contributed by atoms with Gasteiger partial charge in [-0.05, 0) is 13.8 Å². The van der Waals surface area contributed by atoms with Crippen LogP contribution in [-0.4, -0.2) is 42.3 Å². The number of ether oxygens (including phenoxy) is 1. The second-order valence-corrected chi connectivity index (χ2v) is 2.92. The van der Waals surface area contributed by atoms with Crippen LogP contribution in [0.3, 0.4) is 0 Å². The summed E-state index contributed by atoms with van der Waals surface area (Å²) >= 11 is 0. The minimum atomic E-state index is -1.16. The Morgan fingerprint density at radius 1 is 1.13 bits per heavy atom. The second-order valence-electron chi connectivity index (χ2n) is 2.92. The molecule has 0 aromatic heterocycles. The van der Waals surface area contributed by atoms with E-state index in [2.05, 4.69) is 15.4 Å². The fraction of sp³-hybridized carbons (Fsp3) is 0.625. The molecule has 0 aliphatic heterocycles. The minimum Gasteiger partial charge on any atom is -0.480 e. The van der Waals surface area contributed by atoms with E-state index in [0.29, 0.717) is 0 Å². The van der Waals surface area contributed by atoms with E-state index >= 15 is 0 Å². The number of amides is 2. The molecule has 0 rings (SSSR count). The molecule has 0 aliphatic rings. The third-order valence-electron chi connectivity index (χ3n) is 1.62. The van der Waals surface area contributed by atoms with Gasteiger partial charge in [0.2, 0.25) is 0 Å². The van der Waals surface area contributed by atoms with Gasteiger partial charge >= 0.3 is 18.0 Å². The normalized spacial score (nSPS) is 13.5. The number of hydrogen-bond acceptors (Lipinski definition) is 4. The zero-order valence-corrected chi connectivity index (χ0v) is 8.73. The molecule has 2 amide bonds. The lowest BCUT2D eigenvalue weighted by Gasteiger charge is -2.14. The number of carboxylic acid groups (broad SMARTS) is 1. The maximum atomic E-state index is 11.1. The molecule has 0 aliphatic carbocycles. The zero-order valence-electron chi connectivity index (χ0n) is 8.73. The maximum absolute atomic E-state index is 11.1. The lowest BCUT2D eigenvalue weighted by molar-refractivity contribution is -0.142. The van der Waals surface area contributed by atoms with E-state index in [1.54, 1.807) is 0 Å². The highest BCUT2D eigenvalue weighted by atomic mass is 16.5. The van der Waals surface area contributed by atoms with E-state index in [0.717, 1.165) is 0 Å². The molecule has 0 heterocycles. The molecular formula is C8H14N2O5. The Labute approximate surface area is 86.8 Å². The summed E-state index contributed by atoms with van der Waals surface area (Å²) in [5.41, 5.74) is 0. The summed E-state index contributed by atoms with van der Waals surface area (Å²) in [7, 11) is 1.19. The van der Waals surface area contributed by atoms with Gasteiger partial charge in [0.25, 0.3) is 0 Å². The van der Waals surface area contributed by atoms with Crippen molar-refractivity contribution in [1.29, 1.82) is 0 Å². The maximum Gasteiger partial charge on any atom is 0.328 e. The highest BCUT2D eigenvalue weighted by molar-refractivity contribution is 5.86. The first-order chi connectivity index (χ1) is 6.88. The van der Waals surface area contributed by atoms with Crippen LogP contribution in [0.4, 0.5) is 4.79 Å². The zero-order chi connectivity index (χ0) is 12.0. The van der Waals surface area contributed by atoms with Gasteiger partial charge in [0.1, 0.15) is 12.1 Å². The molecule has 3 N–H and O–H groups in total. The second kappa shape index (κ2) is 5.84. The summed E-state index contributed by atoms with van der Waals surface area (Å²) in [6.45, 7) is 2.74. The standard InChI is InChI=1S/C8H14N2O5/c1-4(6(11)12)9-8(14)10-5(2)7(13)15-3/h4-5H,1-3H3,(H,11,12)(H2,9,10,14)/t4-,5?/m0/s1. The van der Waals surface area contributed by atoms with Gasteiger partial charge in [-0.15, -0.1) is 0 Å². The van der Waals surface area contributed by atoms with Crippen LogP contribution >= 0.6 is 0 Å². The highest BCUT2D eigenvalue weighted by Crippen LogP contribution is 1.87. The Kier molecular flexibility index (Phi) is 5.14. The van der Waals surface area contributed by atoms with Crippen molar-refractivity contribution in [3.05, 3.63) is 0 Å². The number of esters is 1. The number of rotatable bonds is 4. The van der Waals surface area contributed by atoms with Crippen LogP contribution in [-0.2, 0) is 14.3 Å². The first kappa shape index (κ1) is 13.2. The van der Waals surface area contributed by atoms with Crippen LogP contribution < -0.4 is 10.6 Å². The molecule has 2 atom stereocenters. The van der Waals surface area contributed by atoms with Crippen molar-refractivity contribution >= 4 is 18.0 Å². The lowest BCUT2D eigenvalue weighted by Crippen LogP contribution is -2.49. The predicted molar refractivity (Wildman–Crippen MR) is 50.2 cm³/mol. The average Bonchev–Trinajstić information content (AvgIpc) is 2.15. The SMILES string of the molecule is COC(=O)C(C)NC(=O)N[C@@H](C)C(=O)O. The number of carbonyl (C=O) groups is 3. The van der Waals surface area contributed by atoms with Crippen LogP contribution in [0.15, 0.2) is 0 Å². The predicted octanol–water partition coefficient (Wildman–Crippen LogP) is -0.680. The smallest absolute Gasteiger partial charge is 0.328 e. The summed E-state index contributed by atoms with van der Waals surface area (Å²) in [5.74, 6) is -1.76. The van der Waals surface area contributed by atoms with Gasteiger partial charge in [-0.3, -0.25) is 4.79 Å². The number of carboxylic acids is 1. The van der Waals surface area contributed by atoms with E-state index in [-0.39, 0.29) is 0 Å². The van der Waals surface area contributed by atoms with Crippen LogP contribution in [0, 0.1) is 0 Å². The Bertz CT molecular complexity index is 266. The summed E-state index contributed by atoms with van der Waals surface area (Å²) in [4.78, 5) is 32.4. The van der Waals surface area contributed by atoms with Crippen LogP contribution in [0.2, 0.25) is 0 Å². The van der Waals surface area contributed by atoms with E-state index in [4.69, 9.17) is 5.11 Å². The van der Waals surface area contributed by atoms with Gasteiger partial charge in [0, 0.05) is 0 Å². The van der Waals surface area contributed by atoms with E-state index < -0.39 is 30.1 Å². The van der Waals surface area contributed by atoms with Gasteiger partial charge in [0.05, 0.1) is 7.11 Å². The molecule has 0 saturated carbocycles.